The maximum Gasteiger partial charge on any atom is 0.168 e. The van der Waals surface area contributed by atoms with Crippen molar-refractivity contribution in [3.63, 3.8) is 0 Å². The van der Waals surface area contributed by atoms with Crippen LogP contribution in [0.4, 0.5) is 0 Å². The normalized spacial score (nSPS) is 9.31. The Balaban J connectivity index is 0.000000260. The Kier molecular flexibility index (Phi) is 7.50. The van der Waals surface area contributed by atoms with Gasteiger partial charge in [0.05, 0.1) is 25.3 Å². The molecule has 0 spiro atoms. The maximum absolute atomic E-state index is 10.4. The molecule has 26 heavy (non-hydrogen) atoms. The number of hydrogen-bond acceptors (Lipinski definition) is 8. The van der Waals surface area contributed by atoms with Crippen molar-refractivity contribution in [1.29, 1.82) is 0 Å². The number of aldehydes is 4. The number of methoxy groups -OCH3 is 2. The van der Waals surface area contributed by atoms with Crippen LogP contribution < -0.4 is 9.47 Å². The number of carbonyl (C=O) groups is 4. The molecule has 2 N–H and O–H groups in total. The lowest BCUT2D eigenvalue weighted by molar-refractivity contribution is 0.110. The first-order valence-electron chi connectivity index (χ1n) is 7.08. The molecule has 0 atom stereocenters. The molecule has 0 radical (unpaired) electrons. The molecule has 0 unspecified atom stereocenters. The van der Waals surface area contributed by atoms with E-state index in [4.69, 9.17) is 9.47 Å². The fourth-order valence-corrected chi connectivity index (χ4v) is 1.93. The molecule has 8 nitrogen and oxygen atoms in total. The maximum atomic E-state index is 10.4. The molecule has 0 saturated carbocycles. The lowest BCUT2D eigenvalue weighted by atomic mass is 10.1. The van der Waals surface area contributed by atoms with Gasteiger partial charge in [-0.15, -0.1) is 0 Å². The summed E-state index contributed by atoms with van der Waals surface area (Å²) in [7, 11) is 2.69. The summed E-state index contributed by atoms with van der Waals surface area (Å²) in [6.45, 7) is 0. The summed E-state index contributed by atoms with van der Waals surface area (Å²) in [5, 5.41) is 18.7. The number of ether oxygens (including phenoxy) is 2. The van der Waals surface area contributed by atoms with Crippen molar-refractivity contribution >= 4 is 25.1 Å². The van der Waals surface area contributed by atoms with Gasteiger partial charge in [0.25, 0.3) is 0 Å². The van der Waals surface area contributed by atoms with Crippen LogP contribution in [0.15, 0.2) is 24.3 Å². The molecular weight excluding hydrogens is 344 g/mol. The van der Waals surface area contributed by atoms with Gasteiger partial charge < -0.3 is 19.7 Å². The predicted molar refractivity (Wildman–Crippen MR) is 90.9 cm³/mol. The highest BCUT2D eigenvalue weighted by Crippen LogP contribution is 2.30. The number of rotatable bonds is 6. The molecule has 0 aromatic heterocycles. The van der Waals surface area contributed by atoms with Crippen molar-refractivity contribution in [2.45, 2.75) is 0 Å². The first kappa shape index (κ1) is 20.4. The van der Waals surface area contributed by atoms with Crippen molar-refractivity contribution in [2.24, 2.45) is 0 Å². The molecule has 0 bridgehead atoms. The van der Waals surface area contributed by atoms with Gasteiger partial charge in [0.2, 0.25) is 0 Å². The molecule has 0 aliphatic rings. The monoisotopic (exact) mass is 360 g/mol. The van der Waals surface area contributed by atoms with E-state index in [9.17, 15) is 29.4 Å². The van der Waals surface area contributed by atoms with E-state index in [-0.39, 0.29) is 45.3 Å². The van der Waals surface area contributed by atoms with E-state index < -0.39 is 0 Å². The van der Waals surface area contributed by atoms with Crippen LogP contribution in [0.5, 0.6) is 23.0 Å². The topological polar surface area (TPSA) is 127 Å². The van der Waals surface area contributed by atoms with Crippen LogP contribution in [0.3, 0.4) is 0 Å². The number of hydrogen-bond donors (Lipinski definition) is 2. The highest BCUT2D eigenvalue weighted by Gasteiger charge is 2.09. The largest absolute Gasteiger partial charge is 0.504 e. The molecular formula is C18H16O8. The second kappa shape index (κ2) is 9.58. The summed E-state index contributed by atoms with van der Waals surface area (Å²) in [4.78, 5) is 41.7. The smallest absolute Gasteiger partial charge is 0.168 e. The molecule has 136 valence electrons. The first-order chi connectivity index (χ1) is 12.4. The van der Waals surface area contributed by atoms with Crippen LogP contribution in [0.25, 0.3) is 0 Å². The average molecular weight is 360 g/mol. The first-order valence-corrected chi connectivity index (χ1v) is 7.08. The summed E-state index contributed by atoms with van der Waals surface area (Å²) < 4.78 is 9.52. The lowest BCUT2D eigenvalue weighted by Crippen LogP contribution is -1.91. The minimum absolute atomic E-state index is 0.0430. The van der Waals surface area contributed by atoms with E-state index in [1.807, 2.05) is 0 Å². The summed E-state index contributed by atoms with van der Waals surface area (Å²) in [6, 6.07) is 5.29. The zero-order valence-corrected chi connectivity index (χ0v) is 14.0. The summed E-state index contributed by atoms with van der Waals surface area (Å²) in [5.74, 6) is -0.260. The molecule has 0 aliphatic heterocycles. The predicted octanol–water partition coefficient (Wildman–Crippen LogP) is 2.05. The highest BCUT2D eigenvalue weighted by molar-refractivity contribution is 5.87. The SMILES string of the molecule is COc1cc(C=O)cc(C=O)c1O.COc1cc(C=O)cc(C=O)c1O. The summed E-state index contributed by atoms with van der Waals surface area (Å²) in [6.07, 6.45) is 2.08. The Morgan fingerprint density at radius 2 is 1.00 bits per heavy atom. The third-order valence-corrected chi connectivity index (χ3v) is 3.22. The van der Waals surface area contributed by atoms with E-state index in [1.165, 1.54) is 38.5 Å². The fraction of sp³-hybridized carbons (Fsp3) is 0.111. The van der Waals surface area contributed by atoms with Gasteiger partial charge in [-0.3, -0.25) is 19.2 Å². The Hall–Kier alpha value is -3.68. The zero-order chi connectivity index (χ0) is 19.7. The van der Waals surface area contributed by atoms with Gasteiger partial charge in [0.1, 0.15) is 12.6 Å². The van der Waals surface area contributed by atoms with Crippen LogP contribution in [0.1, 0.15) is 41.4 Å². The van der Waals surface area contributed by atoms with Crippen LogP contribution in [0.2, 0.25) is 0 Å². The Labute approximate surface area is 148 Å². The van der Waals surface area contributed by atoms with Crippen molar-refractivity contribution in [3.8, 4) is 23.0 Å². The second-order valence-electron chi connectivity index (χ2n) is 4.79. The van der Waals surface area contributed by atoms with Crippen molar-refractivity contribution in [3.05, 3.63) is 46.5 Å². The molecule has 0 amide bonds. The molecule has 0 saturated heterocycles. The molecule has 0 fully saturated rings. The van der Waals surface area contributed by atoms with E-state index in [2.05, 4.69) is 0 Å². The fourth-order valence-electron chi connectivity index (χ4n) is 1.93. The number of aromatic hydroxyl groups is 2. The Morgan fingerprint density at radius 3 is 1.23 bits per heavy atom. The second-order valence-corrected chi connectivity index (χ2v) is 4.79. The molecule has 2 aromatic carbocycles. The van der Waals surface area contributed by atoms with Gasteiger partial charge in [0, 0.05) is 11.1 Å². The molecule has 0 heterocycles. The van der Waals surface area contributed by atoms with Gasteiger partial charge in [-0.05, 0) is 24.3 Å². The van der Waals surface area contributed by atoms with Gasteiger partial charge in [-0.1, -0.05) is 0 Å². The summed E-state index contributed by atoms with van der Waals surface area (Å²) in [5.41, 5.74) is 0.663. The Bertz CT molecular complexity index is 757. The standard InChI is InChI=1S/2C9H8O4/c2*1-13-8-3-6(4-10)2-7(5-11)9(8)12/h2*2-5,12H,1H3. The minimum Gasteiger partial charge on any atom is -0.504 e. The third-order valence-electron chi connectivity index (χ3n) is 3.22. The number of phenolic OH excluding ortho intramolecular Hbond substituents is 2. The molecule has 2 aromatic rings. The van der Waals surface area contributed by atoms with Crippen LogP contribution in [-0.2, 0) is 0 Å². The van der Waals surface area contributed by atoms with Gasteiger partial charge >= 0.3 is 0 Å². The van der Waals surface area contributed by atoms with E-state index in [0.717, 1.165) is 0 Å². The van der Waals surface area contributed by atoms with Crippen LogP contribution in [-0.4, -0.2) is 49.6 Å². The van der Waals surface area contributed by atoms with E-state index in [0.29, 0.717) is 25.1 Å². The van der Waals surface area contributed by atoms with Crippen LogP contribution in [0, 0.1) is 0 Å². The highest BCUT2D eigenvalue weighted by atomic mass is 16.5. The quantitative estimate of drug-likeness (QED) is 0.749. The van der Waals surface area contributed by atoms with Crippen molar-refractivity contribution in [1.82, 2.24) is 0 Å². The van der Waals surface area contributed by atoms with Gasteiger partial charge in [0.15, 0.2) is 35.6 Å². The van der Waals surface area contributed by atoms with E-state index >= 15 is 0 Å². The van der Waals surface area contributed by atoms with Crippen molar-refractivity contribution in [2.75, 3.05) is 14.2 Å². The van der Waals surface area contributed by atoms with E-state index in [1.54, 1.807) is 0 Å². The third kappa shape index (κ3) is 4.67. The minimum atomic E-state index is -0.247. The van der Waals surface area contributed by atoms with Gasteiger partial charge in [-0.2, -0.15) is 0 Å². The van der Waals surface area contributed by atoms with Gasteiger partial charge in [-0.25, -0.2) is 0 Å². The number of benzene rings is 2. The molecule has 8 heteroatoms. The number of phenols is 2. The average Bonchev–Trinajstić information content (AvgIpc) is 2.68. The molecule has 2 rings (SSSR count). The summed E-state index contributed by atoms with van der Waals surface area (Å²) >= 11 is 0. The number of carbonyl (C=O) groups excluding carboxylic acids is 4. The lowest BCUT2D eigenvalue weighted by Gasteiger charge is -2.05. The zero-order valence-electron chi connectivity index (χ0n) is 14.0. The Morgan fingerprint density at radius 1 is 0.654 bits per heavy atom. The van der Waals surface area contributed by atoms with Crippen molar-refractivity contribution < 1.29 is 38.9 Å². The molecule has 0 aliphatic carbocycles. The van der Waals surface area contributed by atoms with Crippen LogP contribution >= 0.6 is 0 Å².